The van der Waals surface area contributed by atoms with Crippen molar-refractivity contribution in [2.24, 2.45) is 0 Å². The maximum Gasteiger partial charge on any atom is 0.267 e. The molecule has 0 radical (unpaired) electrons. The number of alkyl halides is 2. The summed E-state index contributed by atoms with van der Waals surface area (Å²) in [6.07, 6.45) is 1.12. The fourth-order valence-electron chi connectivity index (χ4n) is 6.22. The van der Waals surface area contributed by atoms with Gasteiger partial charge in [-0.15, -0.1) is 0 Å². The Morgan fingerprint density at radius 1 is 1.06 bits per heavy atom. The number of rotatable bonds is 13. The summed E-state index contributed by atoms with van der Waals surface area (Å²) in [6, 6.07) is 8.62. The summed E-state index contributed by atoms with van der Waals surface area (Å²) in [6.45, 7) is -1.33. The number of methoxy groups -OCH3 is 1. The number of carbonyl (C=O) groups is 1. The number of carbonyl (C=O) groups excluding carboxylic acids is 1. The Labute approximate surface area is 308 Å². The molecule has 0 unspecified atom stereocenters. The Bertz CT molecular complexity index is 2590. The van der Waals surface area contributed by atoms with Crippen LogP contribution in [0, 0.1) is 11.6 Å². The predicted octanol–water partition coefficient (Wildman–Crippen LogP) is 4.88. The van der Waals surface area contributed by atoms with Crippen LogP contribution in [0.1, 0.15) is 41.9 Å². The molecule has 4 aromatic heterocycles. The number of amides is 1. The Hall–Kier alpha value is -5.56. The zero-order valence-corrected chi connectivity index (χ0v) is 30.0. The molecule has 1 atom stereocenters. The highest BCUT2D eigenvalue weighted by Gasteiger charge is 2.30. The van der Waals surface area contributed by atoms with Crippen LogP contribution >= 0.6 is 11.6 Å². The van der Waals surface area contributed by atoms with E-state index in [0.717, 1.165) is 46.2 Å². The van der Waals surface area contributed by atoms with Crippen LogP contribution < -0.4 is 20.3 Å². The topological polar surface area (TPSA) is 168 Å². The Morgan fingerprint density at radius 2 is 1.80 bits per heavy atom. The van der Waals surface area contributed by atoms with Crippen molar-refractivity contribution in [2.75, 3.05) is 18.1 Å². The van der Waals surface area contributed by atoms with Gasteiger partial charge in [0, 0.05) is 30.7 Å². The van der Waals surface area contributed by atoms with Gasteiger partial charge in [-0.1, -0.05) is 11.6 Å². The molecule has 1 fully saturated rings. The number of nitrogens with one attached hydrogen (secondary N) is 2. The maximum absolute atomic E-state index is 14.6. The zero-order chi connectivity index (χ0) is 38.5. The van der Waals surface area contributed by atoms with Crippen molar-refractivity contribution < 1.29 is 35.5 Å². The highest BCUT2D eigenvalue weighted by Crippen LogP contribution is 2.39. The lowest BCUT2D eigenvalue weighted by Gasteiger charge is -2.24. The molecule has 0 bridgehead atoms. The maximum atomic E-state index is 14.6. The van der Waals surface area contributed by atoms with E-state index < -0.39 is 52.1 Å². The number of nitrogens with zero attached hydrogens (tertiary/aromatic N) is 7. The first-order chi connectivity index (χ1) is 25.7. The summed E-state index contributed by atoms with van der Waals surface area (Å²) in [5.74, 6) is -2.67. The lowest BCUT2D eigenvalue weighted by molar-refractivity contribution is -0.122. The minimum Gasteiger partial charge on any atom is -0.481 e. The van der Waals surface area contributed by atoms with E-state index in [0.29, 0.717) is 12.0 Å². The molecule has 2 aromatic carbocycles. The van der Waals surface area contributed by atoms with E-state index in [9.17, 15) is 35.6 Å². The molecule has 6 aromatic rings. The second-order valence-electron chi connectivity index (χ2n) is 12.7. The van der Waals surface area contributed by atoms with E-state index >= 15 is 0 Å². The normalized spacial score (nSPS) is 13.9. The molecule has 4 heterocycles. The van der Waals surface area contributed by atoms with Crippen LogP contribution in [0.2, 0.25) is 5.02 Å². The fraction of sp³-hybridized carbons (Fsp3) is 0.294. The number of aromatic nitrogens is 7. The summed E-state index contributed by atoms with van der Waals surface area (Å²) in [7, 11) is -2.67. The van der Waals surface area contributed by atoms with Gasteiger partial charge in [-0.3, -0.25) is 28.2 Å². The first-order valence-electron chi connectivity index (χ1n) is 16.4. The molecule has 282 valence electrons. The SMILES string of the molecule is COc1ccc2c(=O)n(-c3ccc(Cl)c4c(NS(C)(=O)=O)nn(CC(F)F)c34)c([C@H](Cc3cc(F)cc(F)c3)NC(=O)Cn3ccc(C4CC4)n3)nc2n1. The van der Waals surface area contributed by atoms with Crippen molar-refractivity contribution in [1.29, 1.82) is 0 Å². The molecular formula is C34H30ClF4N9O5S. The van der Waals surface area contributed by atoms with Crippen LogP contribution in [0.3, 0.4) is 0 Å². The zero-order valence-electron chi connectivity index (χ0n) is 28.4. The van der Waals surface area contributed by atoms with Crippen molar-refractivity contribution in [3.63, 3.8) is 0 Å². The van der Waals surface area contributed by atoms with Crippen LogP contribution in [0.4, 0.5) is 23.4 Å². The van der Waals surface area contributed by atoms with Crippen LogP contribution in [-0.2, 0) is 34.3 Å². The van der Waals surface area contributed by atoms with Gasteiger partial charge in [-0.2, -0.15) is 15.2 Å². The fourth-order valence-corrected chi connectivity index (χ4v) is 6.96. The van der Waals surface area contributed by atoms with E-state index in [1.807, 2.05) is 0 Å². The summed E-state index contributed by atoms with van der Waals surface area (Å²) < 4.78 is 92.4. The lowest BCUT2D eigenvalue weighted by Crippen LogP contribution is -2.37. The van der Waals surface area contributed by atoms with Gasteiger partial charge in [0.2, 0.25) is 21.8 Å². The third kappa shape index (κ3) is 7.72. The second-order valence-corrected chi connectivity index (χ2v) is 14.9. The molecule has 14 nitrogen and oxygen atoms in total. The predicted molar refractivity (Wildman–Crippen MR) is 190 cm³/mol. The number of hydrogen-bond donors (Lipinski definition) is 2. The average molecular weight is 788 g/mol. The number of benzene rings is 2. The van der Waals surface area contributed by atoms with Gasteiger partial charge in [0.05, 0.1) is 52.1 Å². The first kappa shape index (κ1) is 36.8. The molecule has 20 heteroatoms. The van der Waals surface area contributed by atoms with Gasteiger partial charge in [0.15, 0.2) is 11.5 Å². The molecule has 1 aliphatic rings. The quantitative estimate of drug-likeness (QED) is 0.155. The van der Waals surface area contributed by atoms with E-state index in [2.05, 4.69) is 30.2 Å². The highest BCUT2D eigenvalue weighted by atomic mass is 35.5. The highest BCUT2D eigenvalue weighted by molar-refractivity contribution is 7.92. The molecule has 1 amide bonds. The molecule has 1 aliphatic carbocycles. The summed E-state index contributed by atoms with van der Waals surface area (Å²) >= 11 is 6.54. The van der Waals surface area contributed by atoms with Crippen molar-refractivity contribution in [3.8, 4) is 11.6 Å². The van der Waals surface area contributed by atoms with Crippen molar-refractivity contribution in [2.45, 2.75) is 50.7 Å². The third-order valence-corrected chi connectivity index (χ3v) is 9.45. The van der Waals surface area contributed by atoms with Gasteiger partial charge < -0.3 is 10.1 Å². The van der Waals surface area contributed by atoms with Crippen molar-refractivity contribution >= 4 is 55.3 Å². The van der Waals surface area contributed by atoms with Gasteiger partial charge in [0.25, 0.3) is 12.0 Å². The summed E-state index contributed by atoms with van der Waals surface area (Å²) in [4.78, 5) is 37.3. The van der Waals surface area contributed by atoms with Gasteiger partial charge in [-0.25, -0.2) is 31.0 Å². The van der Waals surface area contributed by atoms with Gasteiger partial charge in [-0.05, 0) is 54.8 Å². The van der Waals surface area contributed by atoms with E-state index in [1.165, 1.54) is 36.1 Å². The number of hydrogen-bond acceptors (Lipinski definition) is 9. The summed E-state index contributed by atoms with van der Waals surface area (Å²) in [5, 5.41) is 11.1. The van der Waals surface area contributed by atoms with Crippen LogP contribution in [0.25, 0.3) is 27.6 Å². The second kappa shape index (κ2) is 14.3. The monoisotopic (exact) mass is 787 g/mol. The number of halogens is 5. The first-order valence-corrected chi connectivity index (χ1v) is 18.6. The Balaban J connectivity index is 1.47. The molecule has 0 saturated heterocycles. The van der Waals surface area contributed by atoms with Crippen molar-refractivity contribution in [1.82, 2.24) is 39.4 Å². The minimum atomic E-state index is -4.01. The Morgan fingerprint density at radius 3 is 2.46 bits per heavy atom. The minimum absolute atomic E-state index is 0.0658. The number of fused-ring (bicyclic) bond motifs is 2. The lowest BCUT2D eigenvalue weighted by atomic mass is 10.0. The molecule has 7 rings (SSSR count). The average Bonchev–Trinajstić information content (AvgIpc) is 3.74. The number of ether oxygens (including phenoxy) is 1. The van der Waals surface area contributed by atoms with E-state index in [-0.39, 0.29) is 68.7 Å². The van der Waals surface area contributed by atoms with Crippen molar-refractivity contribution in [3.05, 3.63) is 98.8 Å². The molecular weight excluding hydrogens is 758 g/mol. The summed E-state index contributed by atoms with van der Waals surface area (Å²) in [5.41, 5.74) is -0.372. The number of pyridine rings is 1. The van der Waals surface area contributed by atoms with Crippen LogP contribution in [0.5, 0.6) is 5.88 Å². The molecule has 0 spiro atoms. The van der Waals surface area contributed by atoms with Crippen LogP contribution in [-0.4, -0.2) is 68.2 Å². The molecule has 2 N–H and O–H groups in total. The number of anilines is 1. The van der Waals surface area contributed by atoms with Crippen LogP contribution in [0.15, 0.2) is 59.5 Å². The number of sulfonamides is 1. The molecule has 1 saturated carbocycles. The smallest absolute Gasteiger partial charge is 0.267 e. The standard InChI is InChI=1S/C34H30ClF4N9O5S/c1-53-28-8-5-21-31(41-28)42-33(24(13-17-11-19(36)14-20(37)12-17)40-27(49)16-46-10-9-23(43-46)18-3-4-18)48(34(21)50)25-7-6-22(35)29-30(25)47(15-26(38)39)44-32(29)45-54(2,51)52/h5-12,14,18,24,26H,3-4,13,15-16H2,1-2H3,(H,40,49)(H,44,45)/t24-/m0/s1. The largest absolute Gasteiger partial charge is 0.481 e. The Kier molecular flexibility index (Phi) is 9.77. The van der Waals surface area contributed by atoms with Gasteiger partial charge >= 0.3 is 0 Å². The molecule has 54 heavy (non-hydrogen) atoms. The molecule has 0 aliphatic heterocycles. The third-order valence-electron chi connectivity index (χ3n) is 8.57. The van der Waals surface area contributed by atoms with Gasteiger partial charge in [0.1, 0.15) is 30.5 Å². The van der Waals surface area contributed by atoms with E-state index in [4.69, 9.17) is 16.3 Å². The van der Waals surface area contributed by atoms with E-state index in [1.54, 1.807) is 12.3 Å².